The Balaban J connectivity index is 2.12. The van der Waals surface area contributed by atoms with Gasteiger partial charge in [-0.2, -0.15) is 0 Å². The van der Waals surface area contributed by atoms with Gasteiger partial charge < -0.3 is 0 Å². The number of hydrogen-bond donors (Lipinski definition) is 0. The van der Waals surface area contributed by atoms with Crippen molar-refractivity contribution in [3.05, 3.63) is 65.7 Å². The summed E-state index contributed by atoms with van der Waals surface area (Å²) in [5, 5.41) is 0. The van der Waals surface area contributed by atoms with E-state index >= 15 is 0 Å². The zero-order chi connectivity index (χ0) is 13.5. The fourth-order valence-corrected chi connectivity index (χ4v) is 3.78. The number of hydrogen-bond acceptors (Lipinski definition) is 3. The van der Waals surface area contributed by atoms with E-state index < -0.39 is 15.9 Å². The van der Waals surface area contributed by atoms with E-state index in [9.17, 15) is 13.2 Å². The Morgan fingerprint density at radius 2 is 1.58 bits per heavy atom. The second-order valence-corrected chi connectivity index (χ2v) is 6.14. The molecule has 1 aliphatic rings. The zero-order valence-electron chi connectivity index (χ0n) is 9.98. The number of carbonyl (C=O) groups is 1. The van der Waals surface area contributed by atoms with Gasteiger partial charge in [-0.25, -0.2) is 12.7 Å². The number of benzene rings is 2. The highest BCUT2D eigenvalue weighted by Crippen LogP contribution is 2.34. The first-order valence-corrected chi connectivity index (χ1v) is 7.41. The summed E-state index contributed by atoms with van der Waals surface area (Å²) in [7, 11) is -3.61. The third kappa shape index (κ3) is 1.92. The van der Waals surface area contributed by atoms with Crippen molar-refractivity contribution in [3.63, 3.8) is 0 Å². The quantitative estimate of drug-likeness (QED) is 0.800. The maximum atomic E-state index is 12.4. The van der Waals surface area contributed by atoms with Crippen LogP contribution < -0.4 is 4.31 Å². The summed E-state index contributed by atoms with van der Waals surface area (Å²) in [6.45, 7) is 0. The van der Waals surface area contributed by atoms with Gasteiger partial charge in [-0.15, -0.1) is 0 Å². The molecule has 0 bridgehead atoms. The van der Waals surface area contributed by atoms with Gasteiger partial charge in [-0.3, -0.25) is 4.79 Å². The van der Waals surface area contributed by atoms with Crippen LogP contribution in [0.25, 0.3) is 0 Å². The van der Waals surface area contributed by atoms with E-state index in [0.717, 1.165) is 4.31 Å². The largest absolute Gasteiger partial charge is 0.272 e. The molecule has 19 heavy (non-hydrogen) atoms. The number of sulfonamides is 1. The molecule has 1 heterocycles. The lowest BCUT2D eigenvalue weighted by Gasteiger charge is -2.16. The number of anilines is 1. The highest BCUT2D eigenvalue weighted by molar-refractivity contribution is 7.93. The maximum Gasteiger partial charge on any atom is 0.272 e. The fraction of sp³-hybridized carbons (Fsp3) is 0.0714. The van der Waals surface area contributed by atoms with Crippen molar-refractivity contribution in [2.24, 2.45) is 0 Å². The number of para-hydroxylation sites is 1. The van der Waals surface area contributed by atoms with E-state index in [4.69, 9.17) is 0 Å². The number of rotatable bonds is 1. The van der Waals surface area contributed by atoms with Gasteiger partial charge in [0.15, 0.2) is 0 Å². The molecule has 0 aromatic heterocycles. The van der Waals surface area contributed by atoms with Gasteiger partial charge in [-0.1, -0.05) is 36.4 Å². The second-order valence-electron chi connectivity index (χ2n) is 4.32. The number of carbonyl (C=O) groups excluding carboxylic acids is 1. The molecule has 0 saturated carbocycles. The first-order chi connectivity index (χ1) is 9.09. The number of fused-ring (bicyclic) bond motifs is 1. The molecule has 0 spiro atoms. The molecule has 0 fully saturated rings. The van der Waals surface area contributed by atoms with Gasteiger partial charge in [-0.05, 0) is 23.8 Å². The molecular formula is C14H11NO3S. The van der Waals surface area contributed by atoms with Crippen LogP contribution in [0.4, 0.5) is 5.69 Å². The molecule has 2 aromatic rings. The molecule has 0 aliphatic carbocycles. The molecule has 0 unspecified atom stereocenters. The Morgan fingerprint density at radius 3 is 2.32 bits per heavy atom. The third-order valence-corrected chi connectivity index (χ3v) is 4.63. The minimum Gasteiger partial charge on any atom is -0.268 e. The van der Waals surface area contributed by atoms with Crippen molar-refractivity contribution in [2.75, 3.05) is 4.31 Å². The topological polar surface area (TPSA) is 54.5 Å². The fourth-order valence-electron chi connectivity index (χ4n) is 2.18. The van der Waals surface area contributed by atoms with Crippen LogP contribution in [0, 0.1) is 0 Å². The molecule has 3 rings (SSSR count). The molecule has 0 saturated heterocycles. The molecular weight excluding hydrogens is 262 g/mol. The SMILES string of the molecule is O=C(c1ccccc1)N1c2ccccc2CS1(=O)=O. The third-order valence-electron chi connectivity index (χ3n) is 3.03. The molecule has 1 amide bonds. The van der Waals surface area contributed by atoms with Crippen molar-refractivity contribution in [1.82, 2.24) is 0 Å². The first kappa shape index (κ1) is 11.9. The zero-order valence-corrected chi connectivity index (χ0v) is 10.8. The van der Waals surface area contributed by atoms with Crippen LogP contribution in [-0.4, -0.2) is 14.3 Å². The second kappa shape index (κ2) is 4.20. The molecule has 4 nitrogen and oxygen atoms in total. The highest BCUT2D eigenvalue weighted by Gasteiger charge is 2.37. The van der Waals surface area contributed by atoms with Gasteiger partial charge in [0.1, 0.15) is 0 Å². The molecule has 0 radical (unpaired) electrons. The van der Waals surface area contributed by atoms with E-state index in [-0.39, 0.29) is 5.75 Å². The van der Waals surface area contributed by atoms with E-state index in [0.29, 0.717) is 16.8 Å². The summed E-state index contributed by atoms with van der Waals surface area (Å²) in [5.41, 5.74) is 1.48. The number of nitrogens with zero attached hydrogens (tertiary/aromatic N) is 1. The van der Waals surface area contributed by atoms with Crippen molar-refractivity contribution in [3.8, 4) is 0 Å². The molecule has 0 atom stereocenters. The standard InChI is InChI=1S/C14H11NO3S/c16-14(11-6-2-1-3-7-11)15-13-9-5-4-8-12(13)10-19(15,17)18/h1-9H,10H2. The summed E-state index contributed by atoms with van der Waals surface area (Å²) in [4.78, 5) is 12.4. The predicted molar refractivity (Wildman–Crippen MR) is 72.3 cm³/mol. The van der Waals surface area contributed by atoms with Crippen LogP contribution in [0.2, 0.25) is 0 Å². The molecule has 5 heteroatoms. The Labute approximate surface area is 111 Å². The van der Waals surface area contributed by atoms with E-state index in [2.05, 4.69) is 0 Å². The average Bonchev–Trinajstić information content (AvgIpc) is 2.68. The lowest BCUT2D eigenvalue weighted by Crippen LogP contribution is -2.33. The normalized spacial score (nSPS) is 16.1. The molecule has 2 aromatic carbocycles. The van der Waals surface area contributed by atoms with Crippen LogP contribution in [0.5, 0.6) is 0 Å². The Morgan fingerprint density at radius 1 is 0.947 bits per heavy atom. The van der Waals surface area contributed by atoms with Crippen molar-refractivity contribution < 1.29 is 13.2 Å². The van der Waals surface area contributed by atoms with E-state index in [1.54, 1.807) is 54.6 Å². The summed E-state index contributed by atoms with van der Waals surface area (Å²) in [5.74, 6) is -0.632. The Bertz CT molecular complexity index is 738. The van der Waals surface area contributed by atoms with Crippen LogP contribution in [0.3, 0.4) is 0 Å². The Hall–Kier alpha value is -2.14. The lowest BCUT2D eigenvalue weighted by molar-refractivity contribution is 0.101. The molecule has 96 valence electrons. The van der Waals surface area contributed by atoms with Crippen molar-refractivity contribution >= 4 is 21.6 Å². The molecule has 0 N–H and O–H groups in total. The van der Waals surface area contributed by atoms with Crippen LogP contribution in [0.15, 0.2) is 54.6 Å². The summed E-state index contributed by atoms with van der Waals surface area (Å²) < 4.78 is 25.2. The first-order valence-electron chi connectivity index (χ1n) is 5.80. The van der Waals surface area contributed by atoms with Gasteiger partial charge in [0.25, 0.3) is 5.91 Å². The summed E-state index contributed by atoms with van der Waals surface area (Å²) >= 11 is 0. The minimum absolute atomic E-state index is 0.123. The van der Waals surface area contributed by atoms with Crippen LogP contribution in [-0.2, 0) is 15.8 Å². The van der Waals surface area contributed by atoms with Crippen LogP contribution >= 0.6 is 0 Å². The minimum atomic E-state index is -3.61. The van der Waals surface area contributed by atoms with Crippen LogP contribution in [0.1, 0.15) is 15.9 Å². The number of amides is 1. The Kier molecular flexibility index (Phi) is 2.64. The van der Waals surface area contributed by atoms with Gasteiger partial charge >= 0.3 is 0 Å². The van der Waals surface area contributed by atoms with E-state index in [1.165, 1.54) is 0 Å². The van der Waals surface area contributed by atoms with Gasteiger partial charge in [0, 0.05) is 5.56 Å². The smallest absolute Gasteiger partial charge is 0.268 e. The van der Waals surface area contributed by atoms with Gasteiger partial charge in [0.2, 0.25) is 10.0 Å². The van der Waals surface area contributed by atoms with Gasteiger partial charge in [0.05, 0.1) is 11.4 Å². The summed E-state index contributed by atoms with van der Waals surface area (Å²) in [6.07, 6.45) is 0. The predicted octanol–water partition coefficient (Wildman–Crippen LogP) is 2.18. The monoisotopic (exact) mass is 273 g/mol. The highest BCUT2D eigenvalue weighted by atomic mass is 32.2. The average molecular weight is 273 g/mol. The maximum absolute atomic E-state index is 12.4. The lowest BCUT2D eigenvalue weighted by atomic mass is 10.1. The summed E-state index contributed by atoms with van der Waals surface area (Å²) in [6, 6.07) is 15.3. The van der Waals surface area contributed by atoms with Crippen molar-refractivity contribution in [2.45, 2.75) is 5.75 Å². The van der Waals surface area contributed by atoms with Crippen molar-refractivity contribution in [1.29, 1.82) is 0 Å². The molecule has 1 aliphatic heterocycles. The van der Waals surface area contributed by atoms with E-state index in [1.807, 2.05) is 0 Å².